The molecule has 4 rings (SSSR count). The number of hydrogen-bond acceptors (Lipinski definition) is 6. The van der Waals surface area contributed by atoms with Crippen LogP contribution in [0.4, 0.5) is 5.82 Å². The van der Waals surface area contributed by atoms with E-state index >= 15 is 0 Å². The van der Waals surface area contributed by atoms with Gasteiger partial charge in [-0.15, -0.1) is 0 Å². The fourth-order valence-electron chi connectivity index (χ4n) is 4.36. The fourth-order valence-corrected chi connectivity index (χ4v) is 4.36. The number of nitrogens with one attached hydrogen (secondary N) is 2. The SMILES string of the molecule is N=C(c1cn[nH]c1)c1cc(C2CCC(N3CCCOCC3)CC2)cnc1N. The van der Waals surface area contributed by atoms with E-state index in [4.69, 9.17) is 15.9 Å². The van der Waals surface area contributed by atoms with E-state index in [-0.39, 0.29) is 0 Å². The van der Waals surface area contributed by atoms with Crippen molar-refractivity contribution in [1.29, 1.82) is 5.41 Å². The second kappa shape index (κ2) is 8.19. The lowest BCUT2D eigenvalue weighted by Gasteiger charge is -2.36. The normalized spacial score (nSPS) is 24.4. The number of rotatable bonds is 4. The van der Waals surface area contributed by atoms with Gasteiger partial charge in [-0.2, -0.15) is 5.10 Å². The van der Waals surface area contributed by atoms with Crippen molar-refractivity contribution in [2.75, 3.05) is 32.0 Å². The number of ether oxygens (including phenoxy) is 1. The summed E-state index contributed by atoms with van der Waals surface area (Å²) in [6, 6.07) is 2.73. The summed E-state index contributed by atoms with van der Waals surface area (Å²) >= 11 is 0. The molecular formula is C20H28N6O. The van der Waals surface area contributed by atoms with E-state index in [9.17, 15) is 0 Å². The molecule has 1 saturated carbocycles. The first kappa shape index (κ1) is 18.1. The minimum atomic E-state index is 0.369. The quantitative estimate of drug-likeness (QED) is 0.720. The Morgan fingerprint density at radius 2 is 2.04 bits per heavy atom. The number of nitrogens with two attached hydrogens (primary N) is 1. The van der Waals surface area contributed by atoms with Gasteiger partial charge in [0.2, 0.25) is 0 Å². The third kappa shape index (κ3) is 4.04. The molecule has 1 aliphatic heterocycles. The third-order valence-electron chi connectivity index (χ3n) is 5.94. The minimum absolute atomic E-state index is 0.369. The summed E-state index contributed by atoms with van der Waals surface area (Å²) in [6.07, 6.45) is 11.1. The summed E-state index contributed by atoms with van der Waals surface area (Å²) in [5.41, 5.74) is 9.05. The number of pyridine rings is 1. The Balaban J connectivity index is 1.44. The highest BCUT2D eigenvalue weighted by Gasteiger charge is 2.27. The average molecular weight is 368 g/mol. The highest BCUT2D eigenvalue weighted by Crippen LogP contribution is 2.35. The number of aromatic amines is 1. The van der Waals surface area contributed by atoms with Crippen LogP contribution in [-0.2, 0) is 4.74 Å². The van der Waals surface area contributed by atoms with Crippen molar-refractivity contribution >= 4 is 11.5 Å². The Labute approximate surface area is 159 Å². The first-order chi connectivity index (χ1) is 13.2. The van der Waals surface area contributed by atoms with Crippen LogP contribution in [0.5, 0.6) is 0 Å². The van der Waals surface area contributed by atoms with Gasteiger partial charge in [0, 0.05) is 49.3 Å². The molecule has 27 heavy (non-hydrogen) atoms. The van der Waals surface area contributed by atoms with Crippen molar-refractivity contribution in [3.63, 3.8) is 0 Å². The molecule has 0 radical (unpaired) electrons. The lowest BCUT2D eigenvalue weighted by Crippen LogP contribution is -2.39. The molecule has 2 fully saturated rings. The summed E-state index contributed by atoms with van der Waals surface area (Å²) in [5, 5.41) is 15.1. The van der Waals surface area contributed by atoms with E-state index in [0.717, 1.165) is 51.1 Å². The maximum atomic E-state index is 8.43. The molecule has 0 atom stereocenters. The van der Waals surface area contributed by atoms with Crippen molar-refractivity contribution in [3.8, 4) is 0 Å². The van der Waals surface area contributed by atoms with Gasteiger partial charge in [-0.25, -0.2) is 4.98 Å². The van der Waals surface area contributed by atoms with Crippen LogP contribution in [0.3, 0.4) is 0 Å². The molecular weight excluding hydrogens is 340 g/mol. The first-order valence-corrected chi connectivity index (χ1v) is 9.87. The van der Waals surface area contributed by atoms with Crippen LogP contribution in [0.1, 0.15) is 54.7 Å². The Kier molecular flexibility index (Phi) is 5.50. The number of nitrogen functional groups attached to an aromatic ring is 1. The van der Waals surface area contributed by atoms with Crippen molar-refractivity contribution in [2.24, 2.45) is 0 Å². The van der Waals surface area contributed by atoms with Gasteiger partial charge in [-0.3, -0.25) is 15.4 Å². The largest absolute Gasteiger partial charge is 0.383 e. The summed E-state index contributed by atoms with van der Waals surface area (Å²) in [4.78, 5) is 7.00. The van der Waals surface area contributed by atoms with Gasteiger partial charge in [0.15, 0.2) is 0 Å². The van der Waals surface area contributed by atoms with Gasteiger partial charge in [0.1, 0.15) is 5.82 Å². The monoisotopic (exact) mass is 368 g/mol. The number of nitrogens with zero attached hydrogens (tertiary/aromatic N) is 3. The Morgan fingerprint density at radius 3 is 2.81 bits per heavy atom. The fraction of sp³-hybridized carbons (Fsp3) is 0.550. The third-order valence-corrected chi connectivity index (χ3v) is 5.94. The van der Waals surface area contributed by atoms with Crippen molar-refractivity contribution < 1.29 is 4.74 Å². The average Bonchev–Trinajstić information content (AvgIpc) is 3.11. The van der Waals surface area contributed by atoms with Gasteiger partial charge >= 0.3 is 0 Å². The summed E-state index contributed by atoms with van der Waals surface area (Å²) in [6.45, 7) is 3.98. The van der Waals surface area contributed by atoms with E-state index in [0.29, 0.717) is 29.1 Å². The molecule has 0 aromatic carbocycles. The molecule has 0 spiro atoms. The van der Waals surface area contributed by atoms with E-state index in [1.54, 1.807) is 12.4 Å². The molecule has 144 valence electrons. The maximum Gasteiger partial charge on any atom is 0.132 e. The second-order valence-electron chi connectivity index (χ2n) is 7.57. The van der Waals surface area contributed by atoms with Crippen LogP contribution in [0.25, 0.3) is 0 Å². The molecule has 0 unspecified atom stereocenters. The standard InChI is InChI=1S/C20H28N6O/c21-19(16-12-24-25-13-16)18-10-15(11-23-20(18)22)14-2-4-17(5-3-14)26-6-1-8-27-9-7-26/h10-14,17,21H,1-9H2,(H2,22,23)(H,24,25). The molecule has 0 amide bonds. The Bertz CT molecular complexity index is 759. The zero-order chi connectivity index (χ0) is 18.6. The summed E-state index contributed by atoms with van der Waals surface area (Å²) in [5.74, 6) is 0.900. The predicted molar refractivity (Wildman–Crippen MR) is 105 cm³/mol. The molecule has 2 aromatic heterocycles. The molecule has 1 aliphatic carbocycles. The smallest absolute Gasteiger partial charge is 0.132 e. The molecule has 4 N–H and O–H groups in total. The van der Waals surface area contributed by atoms with Crippen LogP contribution in [0.15, 0.2) is 24.7 Å². The number of H-pyrrole nitrogens is 1. The topological polar surface area (TPSA) is 104 Å². The molecule has 3 heterocycles. The lowest BCUT2D eigenvalue weighted by molar-refractivity contribution is 0.118. The summed E-state index contributed by atoms with van der Waals surface area (Å²) in [7, 11) is 0. The van der Waals surface area contributed by atoms with Crippen LogP contribution in [-0.4, -0.2) is 58.1 Å². The van der Waals surface area contributed by atoms with Gasteiger partial charge in [0.25, 0.3) is 0 Å². The lowest BCUT2D eigenvalue weighted by atomic mass is 9.81. The zero-order valence-electron chi connectivity index (χ0n) is 15.7. The molecule has 7 heteroatoms. The molecule has 2 aliphatic rings. The number of aromatic nitrogens is 3. The highest BCUT2D eigenvalue weighted by atomic mass is 16.5. The molecule has 1 saturated heterocycles. The van der Waals surface area contributed by atoms with Gasteiger partial charge in [-0.1, -0.05) is 0 Å². The molecule has 7 nitrogen and oxygen atoms in total. The highest BCUT2D eigenvalue weighted by molar-refractivity contribution is 6.13. The molecule has 2 aromatic rings. The van der Waals surface area contributed by atoms with Gasteiger partial charge < -0.3 is 10.5 Å². The van der Waals surface area contributed by atoms with E-state index in [2.05, 4.69) is 26.1 Å². The minimum Gasteiger partial charge on any atom is -0.383 e. The maximum absolute atomic E-state index is 8.43. The summed E-state index contributed by atoms with van der Waals surface area (Å²) < 4.78 is 5.59. The van der Waals surface area contributed by atoms with Crippen LogP contribution in [0, 0.1) is 5.41 Å². The van der Waals surface area contributed by atoms with Crippen LogP contribution in [0.2, 0.25) is 0 Å². The Hall–Kier alpha value is -2.25. The second-order valence-corrected chi connectivity index (χ2v) is 7.57. The van der Waals surface area contributed by atoms with Crippen molar-refractivity contribution in [1.82, 2.24) is 20.1 Å². The van der Waals surface area contributed by atoms with Crippen LogP contribution < -0.4 is 5.73 Å². The van der Waals surface area contributed by atoms with Gasteiger partial charge in [-0.05, 0) is 49.7 Å². The number of hydrogen-bond donors (Lipinski definition) is 3. The van der Waals surface area contributed by atoms with Crippen molar-refractivity contribution in [2.45, 2.75) is 44.1 Å². The van der Waals surface area contributed by atoms with Crippen molar-refractivity contribution in [3.05, 3.63) is 41.3 Å². The predicted octanol–water partition coefficient (Wildman–Crippen LogP) is 2.55. The first-order valence-electron chi connectivity index (χ1n) is 9.87. The molecule has 0 bridgehead atoms. The zero-order valence-corrected chi connectivity index (χ0v) is 15.7. The Morgan fingerprint density at radius 1 is 1.19 bits per heavy atom. The van der Waals surface area contributed by atoms with E-state index < -0.39 is 0 Å². The van der Waals surface area contributed by atoms with Crippen LogP contribution >= 0.6 is 0 Å². The van der Waals surface area contributed by atoms with Gasteiger partial charge in [0.05, 0.1) is 18.5 Å². The number of anilines is 1. The van der Waals surface area contributed by atoms with E-state index in [1.165, 1.54) is 18.4 Å². The van der Waals surface area contributed by atoms with E-state index in [1.807, 2.05) is 6.20 Å².